The van der Waals surface area contributed by atoms with Gasteiger partial charge in [-0.3, -0.25) is 4.79 Å². The van der Waals surface area contributed by atoms with Gasteiger partial charge in [-0.15, -0.1) is 0 Å². The first-order valence-electron chi connectivity index (χ1n) is 7.44. The molecule has 0 aromatic heterocycles. The minimum atomic E-state index is -0.153. The molecule has 0 aliphatic carbocycles. The van der Waals surface area contributed by atoms with Crippen molar-refractivity contribution in [1.82, 2.24) is 0 Å². The average molecular weight is 334 g/mol. The van der Waals surface area contributed by atoms with Crippen LogP contribution in [0.2, 0.25) is 5.02 Å². The fraction of sp³-hybridized carbons (Fsp3) is 0.278. The smallest absolute Gasteiger partial charge is 0.224 e. The Kier molecular flexibility index (Phi) is 5.88. The molecular weight excluding hydrogens is 314 g/mol. The molecule has 0 saturated carbocycles. The number of rotatable bonds is 6. The summed E-state index contributed by atoms with van der Waals surface area (Å²) in [5.41, 5.74) is 2.32. The van der Waals surface area contributed by atoms with Crippen LogP contribution >= 0.6 is 11.6 Å². The standard InChI is InChI=1S/C18H20ClNO3/c1-12-5-8-16(17(21)10-12)20-18(22)4-3-9-23-14-6-7-15(19)13(2)11-14/h5-8,10-11,21H,3-4,9H2,1-2H3,(H,20,22). The predicted octanol–water partition coefficient (Wildman–Crippen LogP) is 4.46. The van der Waals surface area contributed by atoms with E-state index in [1.54, 1.807) is 24.3 Å². The van der Waals surface area contributed by atoms with Gasteiger partial charge in [0.25, 0.3) is 0 Å². The Labute approximate surface area is 141 Å². The number of phenolic OH excluding ortho intramolecular Hbond substituents is 1. The quantitative estimate of drug-likeness (QED) is 0.606. The normalized spacial score (nSPS) is 10.4. The number of anilines is 1. The Morgan fingerprint density at radius 2 is 2.00 bits per heavy atom. The van der Waals surface area contributed by atoms with E-state index >= 15 is 0 Å². The zero-order valence-electron chi connectivity index (χ0n) is 13.2. The first kappa shape index (κ1) is 17.2. The number of aromatic hydroxyl groups is 1. The van der Waals surface area contributed by atoms with Gasteiger partial charge in [0.05, 0.1) is 12.3 Å². The van der Waals surface area contributed by atoms with Gasteiger partial charge < -0.3 is 15.2 Å². The summed E-state index contributed by atoms with van der Waals surface area (Å²) in [5, 5.41) is 13.2. The molecule has 0 aliphatic rings. The maximum atomic E-state index is 11.9. The van der Waals surface area contributed by atoms with E-state index in [9.17, 15) is 9.90 Å². The summed E-state index contributed by atoms with van der Waals surface area (Å²) in [6.45, 7) is 4.23. The lowest BCUT2D eigenvalue weighted by Crippen LogP contribution is -2.13. The van der Waals surface area contributed by atoms with Gasteiger partial charge in [0.2, 0.25) is 5.91 Å². The van der Waals surface area contributed by atoms with Gasteiger partial charge in [-0.2, -0.15) is 0 Å². The van der Waals surface area contributed by atoms with Crippen molar-refractivity contribution >= 4 is 23.2 Å². The molecule has 1 amide bonds. The third kappa shape index (κ3) is 5.18. The highest BCUT2D eigenvalue weighted by molar-refractivity contribution is 6.31. The van der Waals surface area contributed by atoms with Crippen molar-refractivity contribution in [3.05, 3.63) is 52.5 Å². The number of benzene rings is 2. The van der Waals surface area contributed by atoms with Crippen molar-refractivity contribution in [1.29, 1.82) is 0 Å². The number of ether oxygens (including phenoxy) is 1. The molecule has 4 nitrogen and oxygen atoms in total. The second-order valence-electron chi connectivity index (χ2n) is 5.43. The average Bonchev–Trinajstić information content (AvgIpc) is 2.50. The number of phenols is 1. The Morgan fingerprint density at radius 3 is 2.70 bits per heavy atom. The molecule has 122 valence electrons. The molecule has 0 atom stereocenters. The molecule has 2 N–H and O–H groups in total. The van der Waals surface area contributed by atoms with Gasteiger partial charge in [0.1, 0.15) is 11.5 Å². The lowest BCUT2D eigenvalue weighted by molar-refractivity contribution is -0.116. The molecule has 0 unspecified atom stereocenters. The Morgan fingerprint density at radius 1 is 1.22 bits per heavy atom. The van der Waals surface area contributed by atoms with Gasteiger partial charge in [-0.1, -0.05) is 17.7 Å². The largest absolute Gasteiger partial charge is 0.506 e. The first-order chi connectivity index (χ1) is 11.0. The van der Waals surface area contributed by atoms with E-state index in [4.69, 9.17) is 16.3 Å². The van der Waals surface area contributed by atoms with Gasteiger partial charge in [0, 0.05) is 11.4 Å². The van der Waals surface area contributed by atoms with Crippen LogP contribution in [0.15, 0.2) is 36.4 Å². The topological polar surface area (TPSA) is 58.6 Å². The highest BCUT2D eigenvalue weighted by Crippen LogP contribution is 2.24. The second-order valence-corrected chi connectivity index (χ2v) is 5.84. The highest BCUT2D eigenvalue weighted by Gasteiger charge is 2.07. The van der Waals surface area contributed by atoms with Gasteiger partial charge >= 0.3 is 0 Å². The minimum absolute atomic E-state index is 0.0752. The summed E-state index contributed by atoms with van der Waals surface area (Å²) >= 11 is 5.95. The van der Waals surface area contributed by atoms with Crippen LogP contribution in [-0.4, -0.2) is 17.6 Å². The fourth-order valence-corrected chi connectivity index (χ4v) is 2.21. The number of hydrogen-bond acceptors (Lipinski definition) is 3. The van der Waals surface area contributed by atoms with Crippen LogP contribution in [0.25, 0.3) is 0 Å². The molecule has 0 fully saturated rings. The maximum Gasteiger partial charge on any atom is 0.224 e. The van der Waals surface area contributed by atoms with E-state index in [-0.39, 0.29) is 11.7 Å². The lowest BCUT2D eigenvalue weighted by Gasteiger charge is -2.09. The lowest BCUT2D eigenvalue weighted by atomic mass is 10.2. The van der Waals surface area contributed by atoms with Crippen LogP contribution in [0.1, 0.15) is 24.0 Å². The van der Waals surface area contributed by atoms with Crippen molar-refractivity contribution < 1.29 is 14.6 Å². The minimum Gasteiger partial charge on any atom is -0.506 e. The Bertz CT molecular complexity index is 701. The summed E-state index contributed by atoms with van der Waals surface area (Å²) in [5.74, 6) is 0.662. The number of hydrogen-bond donors (Lipinski definition) is 2. The van der Waals surface area contributed by atoms with Crippen molar-refractivity contribution in [2.45, 2.75) is 26.7 Å². The number of aryl methyl sites for hydroxylation is 2. The van der Waals surface area contributed by atoms with E-state index in [1.165, 1.54) is 0 Å². The molecule has 2 aromatic rings. The van der Waals surface area contributed by atoms with E-state index in [0.29, 0.717) is 30.2 Å². The van der Waals surface area contributed by atoms with Crippen LogP contribution < -0.4 is 10.1 Å². The summed E-state index contributed by atoms with van der Waals surface area (Å²) in [6.07, 6.45) is 0.903. The van der Waals surface area contributed by atoms with E-state index < -0.39 is 0 Å². The van der Waals surface area contributed by atoms with Crippen molar-refractivity contribution in [2.75, 3.05) is 11.9 Å². The van der Waals surface area contributed by atoms with Crippen molar-refractivity contribution in [3.8, 4) is 11.5 Å². The number of nitrogens with one attached hydrogen (secondary N) is 1. The molecule has 0 saturated heterocycles. The first-order valence-corrected chi connectivity index (χ1v) is 7.82. The van der Waals surface area contributed by atoms with Crippen LogP contribution in [0.4, 0.5) is 5.69 Å². The molecular formula is C18H20ClNO3. The van der Waals surface area contributed by atoms with Crippen molar-refractivity contribution in [2.24, 2.45) is 0 Å². The number of carbonyl (C=O) groups excluding carboxylic acids is 1. The molecule has 0 aliphatic heterocycles. The summed E-state index contributed by atoms with van der Waals surface area (Å²) < 4.78 is 5.59. The van der Waals surface area contributed by atoms with Crippen LogP contribution in [-0.2, 0) is 4.79 Å². The van der Waals surface area contributed by atoms with E-state index in [1.807, 2.05) is 26.0 Å². The SMILES string of the molecule is Cc1ccc(NC(=O)CCCOc2ccc(Cl)c(C)c2)c(O)c1. The van der Waals surface area contributed by atoms with Gasteiger partial charge in [-0.05, 0) is 61.7 Å². The summed E-state index contributed by atoms with van der Waals surface area (Å²) in [4.78, 5) is 11.9. The predicted molar refractivity (Wildman–Crippen MR) is 92.4 cm³/mol. The zero-order chi connectivity index (χ0) is 16.8. The number of amides is 1. The third-order valence-electron chi connectivity index (χ3n) is 3.37. The summed E-state index contributed by atoms with van der Waals surface area (Å²) in [6, 6.07) is 10.6. The molecule has 0 spiro atoms. The molecule has 0 radical (unpaired) electrons. The molecule has 2 rings (SSSR count). The molecule has 0 heterocycles. The summed E-state index contributed by atoms with van der Waals surface area (Å²) in [7, 11) is 0. The van der Waals surface area contributed by atoms with Crippen LogP contribution in [0.3, 0.4) is 0 Å². The third-order valence-corrected chi connectivity index (χ3v) is 3.80. The van der Waals surface area contributed by atoms with Gasteiger partial charge in [-0.25, -0.2) is 0 Å². The molecule has 2 aromatic carbocycles. The Balaban J connectivity index is 1.75. The van der Waals surface area contributed by atoms with Gasteiger partial charge in [0.15, 0.2) is 0 Å². The molecule has 0 bridgehead atoms. The van der Waals surface area contributed by atoms with E-state index in [0.717, 1.165) is 16.9 Å². The van der Waals surface area contributed by atoms with Crippen LogP contribution in [0, 0.1) is 13.8 Å². The van der Waals surface area contributed by atoms with Crippen molar-refractivity contribution in [3.63, 3.8) is 0 Å². The monoisotopic (exact) mass is 333 g/mol. The molecule has 23 heavy (non-hydrogen) atoms. The fourth-order valence-electron chi connectivity index (χ4n) is 2.09. The Hall–Kier alpha value is -2.20. The van der Waals surface area contributed by atoms with Crippen LogP contribution in [0.5, 0.6) is 11.5 Å². The number of carbonyl (C=O) groups is 1. The number of halogens is 1. The van der Waals surface area contributed by atoms with E-state index in [2.05, 4.69) is 5.32 Å². The zero-order valence-corrected chi connectivity index (χ0v) is 14.0. The second kappa shape index (κ2) is 7.88. The maximum absolute atomic E-state index is 11.9. The highest BCUT2D eigenvalue weighted by atomic mass is 35.5. The molecule has 5 heteroatoms.